The molecule has 0 saturated heterocycles. The van der Waals surface area contributed by atoms with Crippen molar-refractivity contribution in [3.63, 3.8) is 0 Å². The highest BCUT2D eigenvalue weighted by Gasteiger charge is 2.55. The molecule has 2 aliphatic carbocycles. The van der Waals surface area contributed by atoms with Crippen molar-refractivity contribution in [1.82, 2.24) is 0 Å². The molecule has 0 amide bonds. The van der Waals surface area contributed by atoms with Crippen LogP contribution in [0.1, 0.15) is 30.7 Å². The van der Waals surface area contributed by atoms with Gasteiger partial charge in [-0.2, -0.15) is 0 Å². The molecule has 92 valence electrons. The third-order valence-corrected chi connectivity index (χ3v) is 4.60. The van der Waals surface area contributed by atoms with Gasteiger partial charge >= 0.3 is 6.98 Å². The zero-order chi connectivity index (χ0) is 12.0. The maximum Gasteiger partial charge on any atom is 0.482 e. The van der Waals surface area contributed by atoms with Crippen LogP contribution in [0.5, 0.6) is 0 Å². The maximum absolute atomic E-state index is 13.2. The molecule has 0 aliphatic heterocycles. The van der Waals surface area contributed by atoms with Gasteiger partial charge in [0.05, 0.1) is 0 Å². The third-order valence-electron chi connectivity index (χ3n) is 4.60. The minimum absolute atomic E-state index is 0.106. The van der Waals surface area contributed by atoms with Gasteiger partial charge in [-0.25, -0.2) is 0 Å². The van der Waals surface area contributed by atoms with Crippen molar-refractivity contribution in [3.8, 4) is 0 Å². The zero-order valence-corrected chi connectivity index (χ0v) is 9.53. The highest BCUT2D eigenvalue weighted by Crippen LogP contribution is 2.63. The second-order valence-electron chi connectivity index (χ2n) is 5.47. The Kier molecular flexibility index (Phi) is 2.49. The average molecular weight is 239 g/mol. The van der Waals surface area contributed by atoms with Gasteiger partial charge in [0.15, 0.2) is 0 Å². The van der Waals surface area contributed by atoms with Crippen molar-refractivity contribution in [2.45, 2.75) is 31.0 Å². The Labute approximate surface area is 99.3 Å². The summed E-state index contributed by atoms with van der Waals surface area (Å²) in [5, 5.41) is 0. The number of fused-ring (bicyclic) bond motifs is 2. The van der Waals surface area contributed by atoms with Crippen molar-refractivity contribution < 1.29 is 12.9 Å². The van der Waals surface area contributed by atoms with E-state index >= 15 is 0 Å². The van der Waals surface area contributed by atoms with E-state index in [4.69, 9.17) is 0 Å². The lowest BCUT2D eigenvalue weighted by atomic mass is 9.58. The summed E-state index contributed by atoms with van der Waals surface area (Å²) < 4.78 is 39.6. The van der Waals surface area contributed by atoms with Crippen LogP contribution in [0, 0.1) is 11.8 Å². The lowest BCUT2D eigenvalue weighted by Crippen LogP contribution is -2.33. The van der Waals surface area contributed by atoms with E-state index in [0.717, 1.165) is 24.8 Å². The van der Waals surface area contributed by atoms with Crippen LogP contribution in [0.4, 0.5) is 12.9 Å². The zero-order valence-electron chi connectivity index (χ0n) is 9.53. The van der Waals surface area contributed by atoms with Gasteiger partial charge in [0.2, 0.25) is 0 Å². The molecule has 0 radical (unpaired) electrons. The van der Waals surface area contributed by atoms with Gasteiger partial charge in [0, 0.05) is 0 Å². The molecule has 17 heavy (non-hydrogen) atoms. The van der Waals surface area contributed by atoms with Crippen molar-refractivity contribution >= 4 is 6.98 Å². The molecule has 4 unspecified atom stereocenters. The SMILES string of the molecule is F[B-](F)(F)C1C2CCC(C2)C1c1ccccc1. The molecule has 4 atom stereocenters. The second-order valence-corrected chi connectivity index (χ2v) is 5.47. The molecule has 0 nitrogen and oxygen atoms in total. The molecule has 2 saturated carbocycles. The fourth-order valence-corrected chi connectivity index (χ4v) is 4.05. The Balaban J connectivity index is 1.97. The predicted molar refractivity (Wildman–Crippen MR) is 62.8 cm³/mol. The standard InChI is InChI=1S/C13H15BF3/c15-14(16,17)13-11-7-6-10(8-11)12(13)9-4-2-1-3-5-9/h1-5,10-13H,6-8H2/q-1. The second kappa shape index (κ2) is 3.79. The van der Waals surface area contributed by atoms with Gasteiger partial charge in [-0.1, -0.05) is 48.5 Å². The van der Waals surface area contributed by atoms with Crippen LogP contribution < -0.4 is 0 Å². The van der Waals surface area contributed by atoms with E-state index in [0.29, 0.717) is 0 Å². The van der Waals surface area contributed by atoms with Crippen LogP contribution in [0.3, 0.4) is 0 Å². The van der Waals surface area contributed by atoms with Crippen LogP contribution in [-0.2, 0) is 0 Å². The van der Waals surface area contributed by atoms with Gasteiger partial charge in [0.25, 0.3) is 0 Å². The molecular formula is C13H15BF3-. The van der Waals surface area contributed by atoms with E-state index < -0.39 is 12.8 Å². The van der Waals surface area contributed by atoms with Gasteiger partial charge in [0.1, 0.15) is 0 Å². The Bertz CT molecular complexity index is 401. The summed E-state index contributed by atoms with van der Waals surface area (Å²) in [7, 11) is 0. The van der Waals surface area contributed by atoms with E-state index in [9.17, 15) is 12.9 Å². The monoisotopic (exact) mass is 239 g/mol. The minimum Gasteiger partial charge on any atom is -0.449 e. The fraction of sp³-hybridized carbons (Fsp3) is 0.538. The third kappa shape index (κ3) is 1.78. The molecule has 0 N–H and O–H groups in total. The summed E-state index contributed by atoms with van der Waals surface area (Å²) in [5.41, 5.74) is 0.893. The van der Waals surface area contributed by atoms with E-state index in [2.05, 4.69) is 0 Å². The van der Waals surface area contributed by atoms with Crippen molar-refractivity contribution in [1.29, 1.82) is 0 Å². The van der Waals surface area contributed by atoms with Gasteiger partial charge in [-0.05, 0) is 30.2 Å². The molecule has 0 heterocycles. The predicted octanol–water partition coefficient (Wildman–Crippen LogP) is 4.42. The molecule has 4 heteroatoms. The van der Waals surface area contributed by atoms with Crippen molar-refractivity contribution in [2.24, 2.45) is 11.8 Å². The molecule has 2 bridgehead atoms. The summed E-state index contributed by atoms with van der Waals surface area (Å²) in [6, 6.07) is 9.29. The number of halogens is 3. The van der Waals surface area contributed by atoms with Crippen LogP contribution in [0.25, 0.3) is 0 Å². The summed E-state index contributed by atoms with van der Waals surface area (Å²) in [6.45, 7) is -4.71. The molecule has 0 aromatic heterocycles. The van der Waals surface area contributed by atoms with Crippen molar-refractivity contribution in [3.05, 3.63) is 35.9 Å². The Morgan fingerprint density at radius 2 is 1.59 bits per heavy atom. The quantitative estimate of drug-likeness (QED) is 0.670. The molecule has 2 aliphatic rings. The fourth-order valence-electron chi connectivity index (χ4n) is 4.05. The molecule has 2 fully saturated rings. The summed E-state index contributed by atoms with van der Waals surface area (Å²) in [6.07, 6.45) is 2.54. The largest absolute Gasteiger partial charge is 0.482 e. The van der Waals surface area contributed by atoms with Crippen LogP contribution in [-0.4, -0.2) is 6.98 Å². The lowest BCUT2D eigenvalue weighted by molar-refractivity contribution is 0.332. The maximum atomic E-state index is 13.2. The van der Waals surface area contributed by atoms with Crippen LogP contribution in [0.15, 0.2) is 30.3 Å². The van der Waals surface area contributed by atoms with Crippen molar-refractivity contribution in [2.75, 3.05) is 0 Å². The average Bonchev–Trinajstić information content (AvgIpc) is 2.88. The van der Waals surface area contributed by atoms with Crippen LogP contribution in [0.2, 0.25) is 5.82 Å². The Morgan fingerprint density at radius 1 is 0.941 bits per heavy atom. The summed E-state index contributed by atoms with van der Waals surface area (Å²) in [5.74, 6) is -1.16. The first-order valence-corrected chi connectivity index (χ1v) is 6.32. The topological polar surface area (TPSA) is 0 Å². The Hall–Kier alpha value is -0.925. The lowest BCUT2D eigenvalue weighted by Gasteiger charge is -2.38. The van der Waals surface area contributed by atoms with Gasteiger partial charge < -0.3 is 12.9 Å². The normalized spacial score (nSPS) is 36.4. The molecule has 1 aromatic rings. The van der Waals surface area contributed by atoms with E-state index in [1.54, 1.807) is 0 Å². The van der Waals surface area contributed by atoms with Crippen LogP contribution >= 0.6 is 0 Å². The number of hydrogen-bond acceptors (Lipinski definition) is 0. The highest BCUT2D eigenvalue weighted by molar-refractivity contribution is 6.60. The summed E-state index contributed by atoms with van der Waals surface area (Å²) >= 11 is 0. The first-order valence-electron chi connectivity index (χ1n) is 6.32. The molecular weight excluding hydrogens is 224 g/mol. The molecule has 0 spiro atoms. The number of benzene rings is 1. The van der Waals surface area contributed by atoms with E-state index in [1.807, 2.05) is 30.3 Å². The highest BCUT2D eigenvalue weighted by atomic mass is 19.4. The smallest absolute Gasteiger partial charge is 0.449 e. The van der Waals surface area contributed by atoms with Gasteiger partial charge in [-0.15, -0.1) is 0 Å². The molecule has 1 aromatic carbocycles. The Morgan fingerprint density at radius 3 is 2.24 bits per heavy atom. The summed E-state index contributed by atoms with van der Waals surface area (Å²) in [4.78, 5) is 0. The first kappa shape index (κ1) is 11.2. The van der Waals surface area contributed by atoms with Gasteiger partial charge in [-0.3, -0.25) is 0 Å². The number of rotatable bonds is 2. The van der Waals surface area contributed by atoms with E-state index in [-0.39, 0.29) is 17.8 Å². The minimum atomic E-state index is -4.71. The molecule has 3 rings (SSSR count). The number of hydrogen-bond donors (Lipinski definition) is 0. The van der Waals surface area contributed by atoms with E-state index in [1.165, 1.54) is 0 Å². The first-order chi connectivity index (χ1) is 8.07.